The molecule has 0 radical (unpaired) electrons. The van der Waals surface area contributed by atoms with Crippen LogP contribution in [0, 0.1) is 5.92 Å². The van der Waals surface area contributed by atoms with E-state index in [-0.39, 0.29) is 6.04 Å². The van der Waals surface area contributed by atoms with Crippen molar-refractivity contribution < 1.29 is 4.42 Å². The van der Waals surface area contributed by atoms with Gasteiger partial charge in [-0.1, -0.05) is 39.2 Å². The second-order valence-electron chi connectivity index (χ2n) is 5.11. The lowest BCUT2D eigenvalue weighted by Crippen LogP contribution is -2.21. The first-order valence-corrected chi connectivity index (χ1v) is 7.04. The van der Waals surface area contributed by atoms with Crippen LogP contribution in [0.5, 0.6) is 0 Å². The maximum atomic E-state index is 11.1. The average Bonchev–Trinajstić information content (AvgIpc) is 2.78. The van der Waals surface area contributed by atoms with E-state index in [1.54, 1.807) is 0 Å². The summed E-state index contributed by atoms with van der Waals surface area (Å²) in [5.41, 5.74) is 8.71. The number of nitrogens with one attached hydrogen (secondary N) is 1. The van der Waals surface area contributed by atoms with Gasteiger partial charge in [0.25, 0.3) is 0 Å². The molecule has 0 spiro atoms. The summed E-state index contributed by atoms with van der Waals surface area (Å²) in [6, 6.07) is 5.72. The van der Waals surface area contributed by atoms with Gasteiger partial charge in [0.05, 0.1) is 5.52 Å². The standard InChI is InChI=1S/C15H22N2O2/c1-3-5-6-10(4-2)14(16)11-7-8-12-13(9-11)19-15(18)17-12/h7-10,14H,3-6,16H2,1-2H3,(H,17,18). The first-order chi connectivity index (χ1) is 9.15. The van der Waals surface area contributed by atoms with E-state index in [9.17, 15) is 4.79 Å². The third-order valence-corrected chi connectivity index (χ3v) is 3.79. The van der Waals surface area contributed by atoms with E-state index in [1.165, 1.54) is 12.8 Å². The molecule has 2 aromatic rings. The Balaban J connectivity index is 2.23. The van der Waals surface area contributed by atoms with Gasteiger partial charge < -0.3 is 10.2 Å². The summed E-state index contributed by atoms with van der Waals surface area (Å²) < 4.78 is 5.09. The van der Waals surface area contributed by atoms with Crippen molar-refractivity contribution in [3.8, 4) is 0 Å². The summed E-state index contributed by atoms with van der Waals surface area (Å²) in [5.74, 6) is 0.0572. The Morgan fingerprint density at radius 2 is 2.16 bits per heavy atom. The molecule has 19 heavy (non-hydrogen) atoms. The molecule has 0 amide bonds. The van der Waals surface area contributed by atoms with Crippen LogP contribution in [-0.4, -0.2) is 4.98 Å². The summed E-state index contributed by atoms with van der Waals surface area (Å²) in [6.45, 7) is 4.37. The van der Waals surface area contributed by atoms with Crippen molar-refractivity contribution in [2.24, 2.45) is 11.7 Å². The number of oxazole rings is 1. The molecule has 2 atom stereocenters. The van der Waals surface area contributed by atoms with Gasteiger partial charge in [-0.05, 0) is 30.0 Å². The van der Waals surface area contributed by atoms with Crippen LogP contribution >= 0.6 is 0 Å². The van der Waals surface area contributed by atoms with Crippen LogP contribution in [0.25, 0.3) is 11.1 Å². The van der Waals surface area contributed by atoms with Crippen LogP contribution in [0.2, 0.25) is 0 Å². The number of unbranched alkanes of at least 4 members (excludes halogenated alkanes) is 1. The first-order valence-electron chi connectivity index (χ1n) is 7.04. The first kappa shape index (κ1) is 13.9. The molecule has 1 aromatic heterocycles. The fourth-order valence-electron chi connectivity index (χ4n) is 2.55. The molecule has 0 bridgehead atoms. The van der Waals surface area contributed by atoms with Crippen molar-refractivity contribution in [3.63, 3.8) is 0 Å². The minimum Gasteiger partial charge on any atom is -0.408 e. The smallest absolute Gasteiger partial charge is 0.408 e. The lowest BCUT2D eigenvalue weighted by Gasteiger charge is -2.22. The van der Waals surface area contributed by atoms with Crippen molar-refractivity contribution in [3.05, 3.63) is 34.3 Å². The highest BCUT2D eigenvalue weighted by Gasteiger charge is 2.18. The summed E-state index contributed by atoms with van der Waals surface area (Å²) in [5, 5.41) is 0. The highest BCUT2D eigenvalue weighted by Crippen LogP contribution is 2.28. The van der Waals surface area contributed by atoms with E-state index in [4.69, 9.17) is 10.2 Å². The van der Waals surface area contributed by atoms with Gasteiger partial charge in [0, 0.05) is 6.04 Å². The van der Waals surface area contributed by atoms with Crippen LogP contribution in [0.1, 0.15) is 51.1 Å². The molecular formula is C15H22N2O2. The molecule has 0 saturated carbocycles. The molecule has 4 heteroatoms. The molecule has 0 aliphatic heterocycles. The number of H-pyrrole nitrogens is 1. The van der Waals surface area contributed by atoms with E-state index in [0.29, 0.717) is 11.5 Å². The Hall–Kier alpha value is -1.55. The maximum Gasteiger partial charge on any atom is 0.417 e. The molecule has 0 aliphatic rings. The van der Waals surface area contributed by atoms with Crippen LogP contribution in [-0.2, 0) is 0 Å². The quantitative estimate of drug-likeness (QED) is 0.838. The molecule has 2 rings (SSSR count). The van der Waals surface area contributed by atoms with E-state index in [1.807, 2.05) is 18.2 Å². The van der Waals surface area contributed by atoms with Crippen molar-refractivity contribution in [1.82, 2.24) is 4.98 Å². The molecule has 4 nitrogen and oxygen atoms in total. The monoisotopic (exact) mass is 262 g/mol. The fraction of sp³-hybridized carbons (Fsp3) is 0.533. The van der Waals surface area contributed by atoms with Crippen LogP contribution in [0.4, 0.5) is 0 Å². The van der Waals surface area contributed by atoms with Crippen molar-refractivity contribution in [2.75, 3.05) is 0 Å². The zero-order valence-electron chi connectivity index (χ0n) is 11.6. The molecule has 0 saturated heterocycles. The van der Waals surface area contributed by atoms with Crippen molar-refractivity contribution in [2.45, 2.75) is 45.6 Å². The van der Waals surface area contributed by atoms with Gasteiger partial charge in [0.15, 0.2) is 5.58 Å². The number of aromatic amines is 1. The highest BCUT2D eigenvalue weighted by atomic mass is 16.4. The molecule has 0 fully saturated rings. The highest BCUT2D eigenvalue weighted by molar-refractivity contribution is 5.72. The maximum absolute atomic E-state index is 11.1. The minimum atomic E-state index is -0.418. The molecule has 2 unspecified atom stereocenters. The third-order valence-electron chi connectivity index (χ3n) is 3.79. The minimum absolute atomic E-state index is 0.00107. The SMILES string of the molecule is CCCCC(CC)C(N)c1ccc2[nH]c(=O)oc2c1. The van der Waals surface area contributed by atoms with Crippen molar-refractivity contribution >= 4 is 11.1 Å². The molecule has 1 aromatic carbocycles. The molecule has 1 heterocycles. The predicted octanol–water partition coefficient (Wildman–Crippen LogP) is 3.34. The van der Waals surface area contributed by atoms with Gasteiger partial charge in [-0.2, -0.15) is 0 Å². The van der Waals surface area contributed by atoms with E-state index in [2.05, 4.69) is 18.8 Å². The number of fused-ring (bicyclic) bond motifs is 1. The second-order valence-corrected chi connectivity index (χ2v) is 5.11. The van der Waals surface area contributed by atoms with Crippen molar-refractivity contribution in [1.29, 1.82) is 0 Å². The fourth-order valence-corrected chi connectivity index (χ4v) is 2.55. The number of aromatic nitrogens is 1. The lowest BCUT2D eigenvalue weighted by molar-refractivity contribution is 0.378. The van der Waals surface area contributed by atoms with E-state index >= 15 is 0 Å². The van der Waals surface area contributed by atoms with Gasteiger partial charge in [0.2, 0.25) is 0 Å². The zero-order valence-corrected chi connectivity index (χ0v) is 11.6. The Bertz CT molecular complexity index is 585. The Labute approximate surface area is 113 Å². The Morgan fingerprint density at radius 1 is 1.37 bits per heavy atom. The van der Waals surface area contributed by atoms with Crippen LogP contribution in [0.15, 0.2) is 27.4 Å². The van der Waals surface area contributed by atoms with Gasteiger partial charge in [0.1, 0.15) is 0 Å². The summed E-state index contributed by atoms with van der Waals surface area (Å²) in [4.78, 5) is 13.8. The topological polar surface area (TPSA) is 72.0 Å². The van der Waals surface area contributed by atoms with Gasteiger partial charge in [-0.25, -0.2) is 4.79 Å². The van der Waals surface area contributed by atoms with E-state index < -0.39 is 5.76 Å². The second kappa shape index (κ2) is 6.06. The molecular weight excluding hydrogens is 240 g/mol. The summed E-state index contributed by atoms with van der Waals surface area (Å²) in [7, 11) is 0. The number of hydrogen-bond donors (Lipinski definition) is 2. The van der Waals surface area contributed by atoms with E-state index in [0.717, 1.165) is 23.9 Å². The zero-order chi connectivity index (χ0) is 13.8. The average molecular weight is 262 g/mol. The number of hydrogen-bond acceptors (Lipinski definition) is 3. The summed E-state index contributed by atoms with van der Waals surface area (Å²) in [6.07, 6.45) is 4.60. The van der Waals surface area contributed by atoms with Gasteiger partial charge in [-0.15, -0.1) is 0 Å². The van der Waals surface area contributed by atoms with Crippen LogP contribution in [0.3, 0.4) is 0 Å². The number of nitrogens with two attached hydrogens (primary N) is 1. The summed E-state index contributed by atoms with van der Waals surface area (Å²) >= 11 is 0. The molecule has 3 N–H and O–H groups in total. The van der Waals surface area contributed by atoms with Gasteiger partial charge in [-0.3, -0.25) is 4.98 Å². The lowest BCUT2D eigenvalue weighted by atomic mass is 9.87. The Morgan fingerprint density at radius 3 is 2.84 bits per heavy atom. The third kappa shape index (κ3) is 3.07. The molecule has 104 valence electrons. The van der Waals surface area contributed by atoms with Crippen LogP contribution < -0.4 is 11.5 Å². The largest absolute Gasteiger partial charge is 0.417 e. The van der Waals surface area contributed by atoms with Gasteiger partial charge >= 0.3 is 5.76 Å². The predicted molar refractivity (Wildman–Crippen MR) is 77.1 cm³/mol. The normalized spacial score (nSPS) is 14.7. The molecule has 0 aliphatic carbocycles. The number of rotatable bonds is 6. The number of benzene rings is 1. The Kier molecular flexibility index (Phi) is 4.43.